The summed E-state index contributed by atoms with van der Waals surface area (Å²) in [4.78, 5) is 25.2. The van der Waals surface area contributed by atoms with Gasteiger partial charge in [-0.05, 0) is 49.2 Å². The largest absolute Gasteiger partial charge is 0.326 e. The van der Waals surface area contributed by atoms with Gasteiger partial charge in [0, 0.05) is 38.3 Å². The lowest BCUT2D eigenvalue weighted by molar-refractivity contribution is 0.242. The predicted octanol–water partition coefficient (Wildman–Crippen LogP) is 3.67. The second-order valence-corrected chi connectivity index (χ2v) is 8.59. The van der Waals surface area contributed by atoms with Crippen LogP contribution in [0.25, 0.3) is 0 Å². The first kappa shape index (κ1) is 20.0. The second-order valence-electron chi connectivity index (χ2n) is 8.59. The number of hydrogen-bond acceptors (Lipinski definition) is 5. The fourth-order valence-corrected chi connectivity index (χ4v) is 4.55. The molecule has 31 heavy (non-hydrogen) atoms. The number of aromatic amines is 1. The lowest BCUT2D eigenvalue weighted by Crippen LogP contribution is -2.35. The Morgan fingerprint density at radius 3 is 2.35 bits per heavy atom. The molecular weight excluding hydrogens is 386 g/mol. The highest BCUT2D eigenvalue weighted by Gasteiger charge is 2.21. The first-order valence-electron chi connectivity index (χ1n) is 11.2. The van der Waals surface area contributed by atoms with E-state index in [1.54, 1.807) is 0 Å². The average molecular weight is 416 g/mol. The van der Waals surface area contributed by atoms with Crippen molar-refractivity contribution in [1.29, 1.82) is 0 Å². The van der Waals surface area contributed by atoms with Gasteiger partial charge in [0.2, 0.25) is 5.95 Å². The van der Waals surface area contributed by atoms with Crippen LogP contribution < -0.4 is 10.9 Å². The van der Waals surface area contributed by atoms with Crippen LogP contribution in [0.15, 0.2) is 59.4 Å². The third-order valence-electron chi connectivity index (χ3n) is 6.22. The molecule has 0 radical (unpaired) electrons. The van der Waals surface area contributed by atoms with E-state index < -0.39 is 0 Å². The Morgan fingerprint density at radius 2 is 1.58 bits per heavy atom. The number of nitrogens with one attached hydrogen (secondary N) is 2. The zero-order valence-electron chi connectivity index (χ0n) is 17.8. The van der Waals surface area contributed by atoms with Gasteiger partial charge in [-0.2, -0.15) is 0 Å². The van der Waals surface area contributed by atoms with Crippen molar-refractivity contribution in [3.8, 4) is 0 Å². The molecule has 0 unspecified atom stereocenters. The Bertz CT molecular complexity index is 1070. The molecule has 6 nitrogen and oxygen atoms in total. The van der Waals surface area contributed by atoms with Crippen LogP contribution in [0.3, 0.4) is 0 Å². The number of H-pyrrole nitrogens is 1. The normalized spacial score (nSPS) is 16.9. The summed E-state index contributed by atoms with van der Waals surface area (Å²) in [6, 6.07) is 18.8. The molecule has 0 aliphatic carbocycles. The summed E-state index contributed by atoms with van der Waals surface area (Å²) in [6.45, 7) is 5.80. The van der Waals surface area contributed by atoms with Gasteiger partial charge < -0.3 is 5.32 Å². The van der Waals surface area contributed by atoms with E-state index in [-0.39, 0.29) is 5.56 Å². The number of nitrogens with zero attached hydrogens (tertiary/aromatic N) is 3. The molecule has 0 spiro atoms. The number of hydrogen-bond donors (Lipinski definition) is 2. The Morgan fingerprint density at radius 1 is 0.871 bits per heavy atom. The summed E-state index contributed by atoms with van der Waals surface area (Å²) in [6.07, 6.45) is 3.40. The molecule has 0 atom stereocenters. The van der Waals surface area contributed by atoms with Gasteiger partial charge in [0.25, 0.3) is 5.56 Å². The summed E-state index contributed by atoms with van der Waals surface area (Å²) >= 11 is 0. The van der Waals surface area contributed by atoms with Crippen molar-refractivity contribution in [2.24, 2.45) is 0 Å². The molecule has 3 aromatic rings. The van der Waals surface area contributed by atoms with E-state index in [2.05, 4.69) is 68.6 Å². The molecule has 0 saturated carbocycles. The van der Waals surface area contributed by atoms with E-state index in [4.69, 9.17) is 4.98 Å². The van der Waals surface area contributed by atoms with Gasteiger partial charge in [-0.25, -0.2) is 4.98 Å². The molecule has 3 heterocycles. The lowest BCUT2D eigenvalue weighted by Gasteiger charge is -2.27. The van der Waals surface area contributed by atoms with Crippen LogP contribution in [-0.4, -0.2) is 39.4 Å². The van der Waals surface area contributed by atoms with Crippen LogP contribution in [0.4, 0.5) is 11.6 Å². The first-order chi connectivity index (χ1) is 15.2. The molecule has 1 fully saturated rings. The molecule has 1 aromatic heterocycles. The summed E-state index contributed by atoms with van der Waals surface area (Å²) in [7, 11) is 0. The van der Waals surface area contributed by atoms with Crippen LogP contribution in [0.2, 0.25) is 0 Å². The lowest BCUT2D eigenvalue weighted by atomic mass is 10.1. The maximum Gasteiger partial charge on any atom is 0.257 e. The number of fused-ring (bicyclic) bond motifs is 1. The molecule has 0 bridgehead atoms. The van der Waals surface area contributed by atoms with Crippen LogP contribution in [0.1, 0.15) is 35.2 Å². The van der Waals surface area contributed by atoms with E-state index in [1.807, 2.05) is 6.07 Å². The van der Waals surface area contributed by atoms with E-state index in [0.717, 1.165) is 43.0 Å². The molecular formula is C25H29N5O. The van der Waals surface area contributed by atoms with E-state index >= 15 is 0 Å². The fraction of sp³-hybridized carbons (Fsp3) is 0.360. The Labute approximate surface area is 182 Å². The summed E-state index contributed by atoms with van der Waals surface area (Å²) in [5.41, 5.74) is 5.17. The Hall–Kier alpha value is -2.96. The van der Waals surface area contributed by atoms with Crippen molar-refractivity contribution in [2.45, 2.75) is 38.9 Å². The van der Waals surface area contributed by atoms with Gasteiger partial charge in [-0.1, -0.05) is 42.5 Å². The van der Waals surface area contributed by atoms with Crippen molar-refractivity contribution < 1.29 is 0 Å². The van der Waals surface area contributed by atoms with Crippen LogP contribution >= 0.6 is 0 Å². The van der Waals surface area contributed by atoms with Crippen LogP contribution in [0.5, 0.6) is 0 Å². The van der Waals surface area contributed by atoms with Crippen LogP contribution in [-0.2, 0) is 26.1 Å². The van der Waals surface area contributed by atoms with Crippen molar-refractivity contribution >= 4 is 11.6 Å². The molecule has 2 aliphatic rings. The highest BCUT2D eigenvalue weighted by atomic mass is 16.1. The van der Waals surface area contributed by atoms with Crippen molar-refractivity contribution in [3.05, 3.63) is 87.3 Å². The number of anilines is 2. The quantitative estimate of drug-likeness (QED) is 0.643. The molecule has 6 heteroatoms. The number of benzene rings is 2. The van der Waals surface area contributed by atoms with Gasteiger partial charge in [0.15, 0.2) is 0 Å². The SMILES string of the molecule is O=c1[nH]c(Nc2ccc(CN3CCCC3)cc2)nc2c1CN(Cc1ccccc1)CC2. The third-order valence-corrected chi connectivity index (χ3v) is 6.22. The molecule has 2 N–H and O–H groups in total. The van der Waals surface area contributed by atoms with Gasteiger partial charge in [0.1, 0.15) is 0 Å². The Kier molecular flexibility index (Phi) is 5.82. The molecule has 1 saturated heterocycles. The second kappa shape index (κ2) is 9.04. The van der Waals surface area contributed by atoms with E-state index in [1.165, 1.54) is 37.1 Å². The summed E-state index contributed by atoms with van der Waals surface area (Å²) in [5.74, 6) is 0.521. The topological polar surface area (TPSA) is 64.3 Å². The standard InChI is InChI=1S/C25H29N5O/c31-24-22-18-30(17-19-6-2-1-3-7-19)15-12-23(22)27-25(28-24)26-21-10-8-20(9-11-21)16-29-13-4-5-14-29/h1-3,6-11H,4-5,12-18H2,(H2,26,27,28,31). The minimum absolute atomic E-state index is 0.0454. The molecule has 0 amide bonds. The maximum absolute atomic E-state index is 12.8. The fourth-order valence-electron chi connectivity index (χ4n) is 4.55. The zero-order valence-corrected chi connectivity index (χ0v) is 17.8. The first-order valence-corrected chi connectivity index (χ1v) is 11.2. The molecule has 160 valence electrons. The van der Waals surface area contributed by atoms with Crippen molar-refractivity contribution in [3.63, 3.8) is 0 Å². The Balaban J connectivity index is 1.24. The third kappa shape index (κ3) is 4.86. The summed E-state index contributed by atoms with van der Waals surface area (Å²) in [5, 5.41) is 3.27. The minimum Gasteiger partial charge on any atom is -0.326 e. The van der Waals surface area contributed by atoms with Gasteiger partial charge in [0.05, 0.1) is 11.3 Å². The maximum atomic E-state index is 12.8. The van der Waals surface area contributed by atoms with Crippen molar-refractivity contribution in [2.75, 3.05) is 25.0 Å². The smallest absolute Gasteiger partial charge is 0.257 e. The molecule has 2 aromatic carbocycles. The highest BCUT2D eigenvalue weighted by molar-refractivity contribution is 5.54. The number of likely N-dealkylation sites (tertiary alicyclic amines) is 1. The van der Waals surface area contributed by atoms with Crippen molar-refractivity contribution in [1.82, 2.24) is 19.8 Å². The van der Waals surface area contributed by atoms with Crippen LogP contribution in [0, 0.1) is 0 Å². The van der Waals surface area contributed by atoms with Gasteiger partial charge >= 0.3 is 0 Å². The van der Waals surface area contributed by atoms with Gasteiger partial charge in [-0.15, -0.1) is 0 Å². The molecule has 2 aliphatic heterocycles. The van der Waals surface area contributed by atoms with E-state index in [9.17, 15) is 4.79 Å². The van der Waals surface area contributed by atoms with Gasteiger partial charge in [-0.3, -0.25) is 19.6 Å². The summed E-state index contributed by atoms with van der Waals surface area (Å²) < 4.78 is 0. The number of rotatable bonds is 6. The highest BCUT2D eigenvalue weighted by Crippen LogP contribution is 2.20. The predicted molar refractivity (Wildman–Crippen MR) is 123 cm³/mol. The monoisotopic (exact) mass is 415 g/mol. The number of aromatic nitrogens is 2. The van der Waals surface area contributed by atoms with E-state index in [0.29, 0.717) is 12.5 Å². The average Bonchev–Trinajstić information content (AvgIpc) is 3.29. The minimum atomic E-state index is -0.0454. The zero-order chi connectivity index (χ0) is 21.0. The molecule has 5 rings (SSSR count).